The predicted octanol–water partition coefficient (Wildman–Crippen LogP) is 1.60. The molecule has 1 heterocycles. The number of nitrogens with zero attached hydrogens (tertiary/aromatic N) is 3. The van der Waals surface area contributed by atoms with E-state index < -0.39 is 0 Å². The molecular weight excluding hydrogens is 210 g/mol. The highest BCUT2D eigenvalue weighted by Gasteiger charge is 2.16. The molecule has 0 spiro atoms. The molecule has 1 aliphatic rings. The highest BCUT2D eigenvalue weighted by Crippen LogP contribution is 2.08. The van der Waals surface area contributed by atoms with E-state index in [1.54, 1.807) is 0 Å². The Morgan fingerprint density at radius 2 is 1.76 bits per heavy atom. The highest BCUT2D eigenvalue weighted by atomic mass is 15.2. The summed E-state index contributed by atoms with van der Waals surface area (Å²) in [5, 5.41) is 0. The van der Waals surface area contributed by atoms with Crippen LogP contribution in [0.5, 0.6) is 0 Å². The molecule has 102 valence electrons. The Kier molecular flexibility index (Phi) is 7.09. The summed E-state index contributed by atoms with van der Waals surface area (Å²) in [6.45, 7) is 13.4. The Bertz CT molecular complexity index is 188. The number of rotatable bonds is 7. The first-order valence-electron chi connectivity index (χ1n) is 7.21. The maximum atomic E-state index is 2.63. The second kappa shape index (κ2) is 8.06. The summed E-state index contributed by atoms with van der Waals surface area (Å²) >= 11 is 0. The second-order valence-electron chi connectivity index (χ2n) is 5.80. The van der Waals surface area contributed by atoms with Crippen molar-refractivity contribution in [1.29, 1.82) is 0 Å². The lowest BCUT2D eigenvalue weighted by molar-refractivity contribution is 0.134. The SMILES string of the molecule is CCCN(C)CCC(C)CN1CCN(C)CC1. The van der Waals surface area contributed by atoms with Gasteiger partial charge in [-0.05, 0) is 45.9 Å². The zero-order chi connectivity index (χ0) is 12.7. The lowest BCUT2D eigenvalue weighted by Gasteiger charge is -2.34. The van der Waals surface area contributed by atoms with Crippen molar-refractivity contribution in [2.24, 2.45) is 5.92 Å². The predicted molar refractivity (Wildman–Crippen MR) is 75.5 cm³/mol. The lowest BCUT2D eigenvalue weighted by atomic mass is 10.1. The third-order valence-electron chi connectivity index (χ3n) is 3.77. The Morgan fingerprint density at radius 3 is 2.35 bits per heavy atom. The highest BCUT2D eigenvalue weighted by molar-refractivity contribution is 4.71. The first kappa shape index (κ1) is 14.9. The molecule has 1 aliphatic heterocycles. The molecule has 0 amide bonds. The van der Waals surface area contributed by atoms with E-state index in [-0.39, 0.29) is 0 Å². The summed E-state index contributed by atoms with van der Waals surface area (Å²) in [5.74, 6) is 0.831. The maximum Gasteiger partial charge on any atom is 0.0110 e. The molecular formula is C14H31N3. The molecule has 1 saturated heterocycles. The van der Waals surface area contributed by atoms with Gasteiger partial charge in [0.2, 0.25) is 0 Å². The summed E-state index contributed by atoms with van der Waals surface area (Å²) < 4.78 is 0. The molecule has 1 atom stereocenters. The topological polar surface area (TPSA) is 9.72 Å². The van der Waals surface area contributed by atoms with Crippen molar-refractivity contribution in [2.75, 3.05) is 59.9 Å². The first-order valence-corrected chi connectivity index (χ1v) is 7.21. The van der Waals surface area contributed by atoms with E-state index in [1.165, 1.54) is 58.7 Å². The van der Waals surface area contributed by atoms with Crippen LogP contribution in [0.25, 0.3) is 0 Å². The van der Waals surface area contributed by atoms with Crippen LogP contribution in [0, 0.1) is 5.92 Å². The molecule has 0 bridgehead atoms. The standard InChI is InChI=1S/C14H31N3/c1-5-7-15(3)8-6-14(2)13-17-11-9-16(4)10-12-17/h14H,5-13H2,1-4H3. The van der Waals surface area contributed by atoms with E-state index in [0.717, 1.165) is 5.92 Å². The largest absolute Gasteiger partial charge is 0.306 e. The minimum atomic E-state index is 0.831. The van der Waals surface area contributed by atoms with Crippen molar-refractivity contribution >= 4 is 0 Å². The molecule has 3 heteroatoms. The van der Waals surface area contributed by atoms with Crippen LogP contribution in [0.4, 0.5) is 0 Å². The van der Waals surface area contributed by atoms with Crippen molar-refractivity contribution in [3.05, 3.63) is 0 Å². The number of hydrogen-bond donors (Lipinski definition) is 0. The molecule has 17 heavy (non-hydrogen) atoms. The van der Waals surface area contributed by atoms with Gasteiger partial charge in [0.25, 0.3) is 0 Å². The molecule has 0 aromatic heterocycles. The van der Waals surface area contributed by atoms with Gasteiger partial charge in [-0.15, -0.1) is 0 Å². The Hall–Kier alpha value is -0.120. The number of hydrogen-bond acceptors (Lipinski definition) is 3. The van der Waals surface area contributed by atoms with E-state index in [4.69, 9.17) is 0 Å². The van der Waals surface area contributed by atoms with Gasteiger partial charge in [0.05, 0.1) is 0 Å². The molecule has 1 unspecified atom stereocenters. The average molecular weight is 241 g/mol. The molecule has 0 radical (unpaired) electrons. The van der Waals surface area contributed by atoms with E-state index in [0.29, 0.717) is 0 Å². The van der Waals surface area contributed by atoms with E-state index >= 15 is 0 Å². The summed E-state index contributed by atoms with van der Waals surface area (Å²) in [7, 11) is 4.46. The van der Waals surface area contributed by atoms with Gasteiger partial charge in [-0.3, -0.25) is 0 Å². The van der Waals surface area contributed by atoms with Gasteiger partial charge in [0, 0.05) is 32.7 Å². The van der Waals surface area contributed by atoms with Crippen molar-refractivity contribution in [3.8, 4) is 0 Å². The molecule has 0 aromatic rings. The first-order chi connectivity index (χ1) is 8.11. The minimum absolute atomic E-state index is 0.831. The van der Waals surface area contributed by atoms with Gasteiger partial charge < -0.3 is 14.7 Å². The smallest absolute Gasteiger partial charge is 0.0110 e. The zero-order valence-electron chi connectivity index (χ0n) is 12.3. The second-order valence-corrected chi connectivity index (χ2v) is 5.80. The summed E-state index contributed by atoms with van der Waals surface area (Å²) in [4.78, 5) is 7.52. The molecule has 0 aromatic carbocycles. The van der Waals surface area contributed by atoms with E-state index in [9.17, 15) is 0 Å². The van der Waals surface area contributed by atoms with Crippen LogP contribution >= 0.6 is 0 Å². The quantitative estimate of drug-likeness (QED) is 0.670. The molecule has 0 saturated carbocycles. The maximum absolute atomic E-state index is 2.63. The van der Waals surface area contributed by atoms with Gasteiger partial charge in [-0.2, -0.15) is 0 Å². The van der Waals surface area contributed by atoms with Crippen molar-refractivity contribution in [2.45, 2.75) is 26.7 Å². The summed E-state index contributed by atoms with van der Waals surface area (Å²) in [5.41, 5.74) is 0. The van der Waals surface area contributed by atoms with Crippen LogP contribution in [0.15, 0.2) is 0 Å². The van der Waals surface area contributed by atoms with Crippen molar-refractivity contribution < 1.29 is 0 Å². The molecule has 3 nitrogen and oxygen atoms in total. The summed E-state index contributed by atoms with van der Waals surface area (Å²) in [6.07, 6.45) is 2.60. The number of piperazine rings is 1. The van der Waals surface area contributed by atoms with Crippen LogP contribution in [0.2, 0.25) is 0 Å². The van der Waals surface area contributed by atoms with Crippen molar-refractivity contribution in [3.63, 3.8) is 0 Å². The zero-order valence-corrected chi connectivity index (χ0v) is 12.3. The van der Waals surface area contributed by atoms with Gasteiger partial charge in [-0.1, -0.05) is 13.8 Å². The van der Waals surface area contributed by atoms with Crippen LogP contribution in [0.3, 0.4) is 0 Å². The Morgan fingerprint density at radius 1 is 1.12 bits per heavy atom. The fraction of sp³-hybridized carbons (Fsp3) is 1.00. The normalized spacial score (nSPS) is 21.0. The summed E-state index contributed by atoms with van der Waals surface area (Å²) in [6, 6.07) is 0. The molecule has 1 rings (SSSR count). The minimum Gasteiger partial charge on any atom is -0.306 e. The van der Waals surface area contributed by atoms with Gasteiger partial charge in [0.1, 0.15) is 0 Å². The fourth-order valence-electron chi connectivity index (χ4n) is 2.50. The fourth-order valence-corrected chi connectivity index (χ4v) is 2.50. The van der Waals surface area contributed by atoms with E-state index in [2.05, 4.69) is 42.6 Å². The van der Waals surface area contributed by atoms with Gasteiger partial charge >= 0.3 is 0 Å². The molecule has 1 fully saturated rings. The Balaban J connectivity index is 2.10. The van der Waals surface area contributed by atoms with Crippen molar-refractivity contribution in [1.82, 2.24) is 14.7 Å². The number of likely N-dealkylation sites (N-methyl/N-ethyl adjacent to an activating group) is 1. The third-order valence-corrected chi connectivity index (χ3v) is 3.77. The Labute approximate surface area is 108 Å². The van der Waals surface area contributed by atoms with Crippen LogP contribution in [0.1, 0.15) is 26.7 Å². The molecule has 0 aliphatic carbocycles. The lowest BCUT2D eigenvalue weighted by Crippen LogP contribution is -2.46. The van der Waals surface area contributed by atoms with Crippen LogP contribution in [-0.2, 0) is 0 Å². The van der Waals surface area contributed by atoms with Gasteiger partial charge in [-0.25, -0.2) is 0 Å². The van der Waals surface area contributed by atoms with Crippen LogP contribution < -0.4 is 0 Å². The average Bonchev–Trinajstić information content (AvgIpc) is 2.30. The molecule has 0 N–H and O–H groups in total. The van der Waals surface area contributed by atoms with Crippen LogP contribution in [-0.4, -0.2) is 74.6 Å². The monoisotopic (exact) mass is 241 g/mol. The third kappa shape index (κ3) is 6.39. The van der Waals surface area contributed by atoms with Gasteiger partial charge in [0.15, 0.2) is 0 Å². The van der Waals surface area contributed by atoms with E-state index in [1.807, 2.05) is 0 Å².